The molecule has 1 amide bonds. The lowest BCUT2D eigenvalue weighted by Crippen LogP contribution is -2.14. The summed E-state index contributed by atoms with van der Waals surface area (Å²) in [5.74, 6) is 2.54. The van der Waals surface area contributed by atoms with Gasteiger partial charge >= 0.3 is 0 Å². The Kier molecular flexibility index (Phi) is 5.13. The Morgan fingerprint density at radius 2 is 1.84 bits per heavy atom. The van der Waals surface area contributed by atoms with E-state index in [1.807, 2.05) is 24.3 Å². The first kappa shape index (κ1) is 16.8. The zero-order chi connectivity index (χ0) is 17.6. The van der Waals surface area contributed by atoms with E-state index in [2.05, 4.69) is 5.32 Å². The van der Waals surface area contributed by atoms with E-state index in [1.165, 1.54) is 0 Å². The maximum Gasteiger partial charge on any atom is 0.231 e. The van der Waals surface area contributed by atoms with E-state index >= 15 is 0 Å². The number of amides is 1. The molecule has 0 aromatic heterocycles. The van der Waals surface area contributed by atoms with Crippen molar-refractivity contribution in [2.45, 2.75) is 12.8 Å². The van der Waals surface area contributed by atoms with Gasteiger partial charge in [0.2, 0.25) is 12.7 Å². The minimum Gasteiger partial charge on any atom is -0.497 e. The molecule has 0 atom stereocenters. The summed E-state index contributed by atoms with van der Waals surface area (Å²) in [6.45, 7) is 0.602. The van der Waals surface area contributed by atoms with E-state index in [4.69, 9.17) is 24.7 Å². The summed E-state index contributed by atoms with van der Waals surface area (Å²) in [6.07, 6.45) is 0.909. The summed E-state index contributed by atoms with van der Waals surface area (Å²) in [6, 6.07) is 10.6. The predicted molar refractivity (Wildman–Crippen MR) is 93.3 cm³/mol. The minimum atomic E-state index is -0.135. The number of methoxy groups -OCH3 is 1. The highest BCUT2D eigenvalue weighted by Gasteiger charge is 2.17. The van der Waals surface area contributed by atoms with Gasteiger partial charge in [-0.3, -0.25) is 4.79 Å². The van der Waals surface area contributed by atoms with Crippen LogP contribution in [0.1, 0.15) is 12.8 Å². The Balaban J connectivity index is 1.44. The van der Waals surface area contributed by atoms with Crippen molar-refractivity contribution < 1.29 is 23.7 Å². The van der Waals surface area contributed by atoms with Crippen molar-refractivity contribution in [2.24, 2.45) is 0 Å². The molecule has 0 saturated carbocycles. The van der Waals surface area contributed by atoms with Crippen molar-refractivity contribution in [3.8, 4) is 23.0 Å². The number of carbonyl (C=O) groups is 1. The quantitative estimate of drug-likeness (QED) is 0.593. The summed E-state index contributed by atoms with van der Waals surface area (Å²) in [7, 11) is 1.61. The van der Waals surface area contributed by atoms with Gasteiger partial charge in [-0.2, -0.15) is 0 Å². The molecule has 7 heteroatoms. The second-order valence-corrected chi connectivity index (χ2v) is 5.47. The van der Waals surface area contributed by atoms with Crippen LogP contribution in [0.2, 0.25) is 0 Å². The highest BCUT2D eigenvalue weighted by atomic mass is 16.7. The molecule has 0 saturated heterocycles. The summed E-state index contributed by atoms with van der Waals surface area (Å²) < 4.78 is 21.2. The van der Waals surface area contributed by atoms with Crippen LogP contribution in [-0.2, 0) is 4.79 Å². The van der Waals surface area contributed by atoms with Gasteiger partial charge in [0.25, 0.3) is 0 Å². The van der Waals surface area contributed by atoms with Gasteiger partial charge in [0, 0.05) is 18.6 Å². The second kappa shape index (κ2) is 7.65. The van der Waals surface area contributed by atoms with Crippen LogP contribution in [0, 0.1) is 0 Å². The molecule has 2 aromatic rings. The van der Waals surface area contributed by atoms with E-state index in [9.17, 15) is 4.79 Å². The summed E-state index contributed by atoms with van der Waals surface area (Å²) in [5.41, 5.74) is 6.87. The fourth-order valence-electron chi connectivity index (χ4n) is 2.37. The Morgan fingerprint density at radius 3 is 2.56 bits per heavy atom. The van der Waals surface area contributed by atoms with Gasteiger partial charge in [0.1, 0.15) is 11.5 Å². The molecule has 0 radical (unpaired) electrons. The minimum absolute atomic E-state index is 0.135. The molecule has 1 aliphatic heterocycles. The number of carbonyl (C=O) groups excluding carboxylic acids is 1. The van der Waals surface area contributed by atoms with Gasteiger partial charge in [-0.15, -0.1) is 0 Å². The van der Waals surface area contributed by atoms with Crippen molar-refractivity contribution in [3.05, 3.63) is 36.4 Å². The van der Waals surface area contributed by atoms with Gasteiger partial charge in [-0.25, -0.2) is 0 Å². The van der Waals surface area contributed by atoms with Crippen LogP contribution in [0.15, 0.2) is 36.4 Å². The van der Waals surface area contributed by atoms with Crippen LogP contribution >= 0.6 is 0 Å². The number of nitrogens with two attached hydrogens (primary N) is 1. The molecule has 0 bridgehead atoms. The molecule has 1 heterocycles. The van der Waals surface area contributed by atoms with Gasteiger partial charge in [0.05, 0.1) is 25.1 Å². The molecule has 25 heavy (non-hydrogen) atoms. The number of nitrogens with one attached hydrogen (secondary N) is 1. The lowest BCUT2D eigenvalue weighted by Gasteiger charge is -2.10. The van der Waals surface area contributed by atoms with E-state index in [1.54, 1.807) is 19.2 Å². The van der Waals surface area contributed by atoms with Crippen LogP contribution in [0.3, 0.4) is 0 Å². The standard InChI is InChI=1S/C18H20N2O5/c1-22-12-4-6-13(7-5-12)23-8-2-3-18(21)20-15-10-17-16(9-14(15)19)24-11-25-17/h4-7,9-10H,2-3,8,11,19H2,1H3,(H,20,21). The van der Waals surface area contributed by atoms with Crippen molar-refractivity contribution in [2.75, 3.05) is 31.6 Å². The third-order valence-electron chi connectivity index (χ3n) is 3.70. The molecular formula is C18H20N2O5. The maximum absolute atomic E-state index is 12.0. The molecule has 0 fully saturated rings. The van der Waals surface area contributed by atoms with Gasteiger partial charge in [-0.1, -0.05) is 0 Å². The molecule has 0 aliphatic carbocycles. The molecule has 0 spiro atoms. The number of anilines is 2. The Bertz CT molecular complexity index is 746. The van der Waals surface area contributed by atoms with Crippen LogP contribution in [-0.4, -0.2) is 26.4 Å². The average Bonchev–Trinajstić information content (AvgIpc) is 3.06. The van der Waals surface area contributed by atoms with Crippen molar-refractivity contribution in [1.82, 2.24) is 0 Å². The zero-order valence-corrected chi connectivity index (χ0v) is 13.9. The monoisotopic (exact) mass is 344 g/mol. The van der Waals surface area contributed by atoms with Crippen LogP contribution < -0.4 is 30.0 Å². The third kappa shape index (κ3) is 4.26. The summed E-state index contributed by atoms with van der Waals surface area (Å²) in [4.78, 5) is 12.0. The second-order valence-electron chi connectivity index (χ2n) is 5.47. The maximum atomic E-state index is 12.0. The number of benzene rings is 2. The predicted octanol–water partition coefficient (Wildman–Crippen LogP) is 2.80. The SMILES string of the molecule is COc1ccc(OCCCC(=O)Nc2cc3c(cc2N)OCO3)cc1. The molecule has 7 nitrogen and oxygen atoms in total. The van der Waals surface area contributed by atoms with Gasteiger partial charge < -0.3 is 30.0 Å². The normalized spacial score (nSPS) is 11.9. The van der Waals surface area contributed by atoms with E-state index in [0.29, 0.717) is 42.3 Å². The average molecular weight is 344 g/mol. The Labute approximate surface area is 145 Å². The molecular weight excluding hydrogens is 324 g/mol. The number of ether oxygens (including phenoxy) is 4. The van der Waals surface area contributed by atoms with Crippen LogP contribution in [0.5, 0.6) is 23.0 Å². The molecule has 3 rings (SSSR count). The van der Waals surface area contributed by atoms with E-state index in [0.717, 1.165) is 11.5 Å². The number of hydrogen-bond acceptors (Lipinski definition) is 6. The largest absolute Gasteiger partial charge is 0.497 e. The smallest absolute Gasteiger partial charge is 0.231 e. The lowest BCUT2D eigenvalue weighted by molar-refractivity contribution is -0.116. The topological polar surface area (TPSA) is 92.0 Å². The summed E-state index contributed by atoms with van der Waals surface area (Å²) in [5, 5.41) is 2.78. The molecule has 132 valence electrons. The first-order valence-corrected chi connectivity index (χ1v) is 7.91. The highest BCUT2D eigenvalue weighted by molar-refractivity contribution is 5.94. The molecule has 1 aliphatic rings. The van der Waals surface area contributed by atoms with Crippen LogP contribution in [0.4, 0.5) is 11.4 Å². The fraction of sp³-hybridized carbons (Fsp3) is 0.278. The molecule has 0 unspecified atom stereocenters. The fourth-order valence-corrected chi connectivity index (χ4v) is 2.37. The number of rotatable bonds is 7. The van der Waals surface area contributed by atoms with Crippen LogP contribution in [0.25, 0.3) is 0 Å². The number of fused-ring (bicyclic) bond motifs is 1. The van der Waals surface area contributed by atoms with Crippen molar-refractivity contribution in [3.63, 3.8) is 0 Å². The molecule has 2 aromatic carbocycles. The zero-order valence-electron chi connectivity index (χ0n) is 13.9. The first-order valence-electron chi connectivity index (χ1n) is 7.91. The van der Waals surface area contributed by atoms with Crippen molar-refractivity contribution in [1.29, 1.82) is 0 Å². The number of hydrogen-bond donors (Lipinski definition) is 2. The Hall–Kier alpha value is -3.09. The highest BCUT2D eigenvalue weighted by Crippen LogP contribution is 2.38. The third-order valence-corrected chi connectivity index (χ3v) is 3.70. The first-order chi connectivity index (χ1) is 12.2. The lowest BCUT2D eigenvalue weighted by atomic mass is 10.2. The van der Waals surface area contributed by atoms with E-state index < -0.39 is 0 Å². The van der Waals surface area contributed by atoms with E-state index in [-0.39, 0.29) is 12.7 Å². The van der Waals surface area contributed by atoms with Gasteiger partial charge in [-0.05, 0) is 30.7 Å². The molecule has 3 N–H and O–H groups in total. The Morgan fingerprint density at radius 1 is 1.16 bits per heavy atom. The van der Waals surface area contributed by atoms with Crippen molar-refractivity contribution >= 4 is 17.3 Å². The summed E-state index contributed by atoms with van der Waals surface area (Å²) >= 11 is 0. The van der Waals surface area contributed by atoms with Gasteiger partial charge in [0.15, 0.2) is 11.5 Å². The number of nitrogen functional groups attached to an aromatic ring is 1.